The average molecular weight is 267 g/mol. The predicted molar refractivity (Wildman–Crippen MR) is 71.0 cm³/mol. The highest BCUT2D eigenvalue weighted by atomic mass is 35.5. The minimum atomic E-state index is -0.223. The molecule has 0 aliphatic heterocycles. The van der Waals surface area contributed by atoms with E-state index in [1.54, 1.807) is 23.9 Å². The first-order valence-electron chi connectivity index (χ1n) is 5.77. The summed E-state index contributed by atoms with van der Waals surface area (Å²) in [6.45, 7) is 2.09. The second-order valence-electron chi connectivity index (χ2n) is 4.14. The van der Waals surface area contributed by atoms with Crippen molar-refractivity contribution in [1.29, 1.82) is 0 Å². The molecule has 0 fully saturated rings. The molecule has 0 saturated carbocycles. The fourth-order valence-corrected chi connectivity index (χ4v) is 2.00. The third kappa shape index (κ3) is 2.73. The second-order valence-corrected chi connectivity index (χ2v) is 4.57. The maximum absolute atomic E-state index is 12.0. The number of hydrogen-bond acceptors (Lipinski definition) is 2. The number of hydrogen-bond donors (Lipinski definition) is 2. The average Bonchev–Trinajstić information content (AvgIpc) is 2.86. The number of anilines is 1. The molecular weight excluding hydrogens is 252 g/mol. The molecule has 2 rings (SSSR count). The van der Waals surface area contributed by atoms with Gasteiger partial charge in [-0.2, -0.15) is 5.10 Å². The predicted octanol–water partition coefficient (Wildman–Crippen LogP) is 2.61. The van der Waals surface area contributed by atoms with Crippen molar-refractivity contribution in [2.24, 2.45) is 7.05 Å². The molecule has 96 valence electrons. The summed E-state index contributed by atoms with van der Waals surface area (Å²) in [6, 6.07) is 3.46. The van der Waals surface area contributed by atoms with Gasteiger partial charge in [-0.25, -0.2) is 0 Å². The van der Waals surface area contributed by atoms with Gasteiger partial charge < -0.3 is 9.88 Å². The zero-order chi connectivity index (χ0) is 13.1. The molecular formula is C12H15ClN4O. The monoisotopic (exact) mass is 266 g/mol. The van der Waals surface area contributed by atoms with Crippen LogP contribution in [0.2, 0.25) is 5.02 Å². The summed E-state index contributed by atoms with van der Waals surface area (Å²) in [5.74, 6) is 0.305. The van der Waals surface area contributed by atoms with E-state index in [9.17, 15) is 4.79 Å². The van der Waals surface area contributed by atoms with Crippen LogP contribution in [0.5, 0.6) is 0 Å². The van der Waals surface area contributed by atoms with Crippen LogP contribution in [0.25, 0.3) is 0 Å². The number of nitrogens with zero attached hydrogens (tertiary/aromatic N) is 2. The van der Waals surface area contributed by atoms with Crippen LogP contribution in [0.4, 0.5) is 5.82 Å². The quantitative estimate of drug-likeness (QED) is 0.893. The number of carbonyl (C=O) groups is 1. The number of aryl methyl sites for hydroxylation is 2. The van der Waals surface area contributed by atoms with Gasteiger partial charge in [0.25, 0.3) is 5.91 Å². The molecule has 0 aliphatic carbocycles. The van der Waals surface area contributed by atoms with Gasteiger partial charge >= 0.3 is 0 Å². The van der Waals surface area contributed by atoms with E-state index >= 15 is 0 Å². The van der Waals surface area contributed by atoms with Crippen molar-refractivity contribution in [2.45, 2.75) is 19.8 Å². The second kappa shape index (κ2) is 5.27. The van der Waals surface area contributed by atoms with E-state index in [1.165, 1.54) is 0 Å². The molecule has 2 heterocycles. The lowest BCUT2D eigenvalue weighted by Gasteiger charge is -2.02. The van der Waals surface area contributed by atoms with Crippen molar-refractivity contribution in [2.75, 3.05) is 5.32 Å². The molecule has 0 unspecified atom stereocenters. The Kier molecular flexibility index (Phi) is 3.72. The lowest BCUT2D eigenvalue weighted by molar-refractivity contribution is 0.101. The lowest BCUT2D eigenvalue weighted by atomic mass is 10.2. The van der Waals surface area contributed by atoms with Crippen LogP contribution >= 0.6 is 11.6 Å². The highest BCUT2D eigenvalue weighted by Crippen LogP contribution is 2.14. The largest absolute Gasteiger partial charge is 0.345 e. The van der Waals surface area contributed by atoms with Gasteiger partial charge in [0, 0.05) is 25.0 Å². The number of nitrogens with one attached hydrogen (secondary N) is 2. The summed E-state index contributed by atoms with van der Waals surface area (Å²) < 4.78 is 1.68. The first-order chi connectivity index (χ1) is 8.60. The standard InChI is InChI=1S/C12H15ClN4O/c1-3-4-9-6-11(16-15-9)14-12(18)10-5-8(13)7-17(10)2/h5-7H,3-4H2,1-2H3,(H2,14,15,16,18). The normalized spacial score (nSPS) is 10.6. The number of halogens is 1. The van der Waals surface area contributed by atoms with Crippen molar-refractivity contribution >= 4 is 23.3 Å². The SMILES string of the molecule is CCCc1cc(NC(=O)c2cc(Cl)cn2C)n[nH]1. The number of rotatable bonds is 4. The van der Waals surface area contributed by atoms with E-state index in [0.717, 1.165) is 18.5 Å². The smallest absolute Gasteiger partial charge is 0.273 e. The molecule has 1 amide bonds. The van der Waals surface area contributed by atoms with Crippen LogP contribution in [0, 0.1) is 0 Å². The Morgan fingerprint density at radius 2 is 2.33 bits per heavy atom. The zero-order valence-electron chi connectivity index (χ0n) is 10.3. The Morgan fingerprint density at radius 1 is 1.56 bits per heavy atom. The molecule has 0 radical (unpaired) electrons. The summed E-state index contributed by atoms with van der Waals surface area (Å²) >= 11 is 5.84. The van der Waals surface area contributed by atoms with Crippen LogP contribution in [-0.2, 0) is 13.5 Å². The van der Waals surface area contributed by atoms with E-state index in [2.05, 4.69) is 22.4 Å². The van der Waals surface area contributed by atoms with E-state index in [0.29, 0.717) is 16.5 Å². The Hall–Kier alpha value is -1.75. The minimum absolute atomic E-state index is 0.223. The molecule has 0 atom stereocenters. The first-order valence-corrected chi connectivity index (χ1v) is 6.15. The molecule has 2 N–H and O–H groups in total. The molecule has 2 aromatic rings. The summed E-state index contributed by atoms with van der Waals surface area (Å²) in [5, 5.41) is 10.2. The number of aromatic nitrogens is 3. The van der Waals surface area contributed by atoms with Crippen LogP contribution in [0.15, 0.2) is 18.3 Å². The Labute approximate surface area is 110 Å². The van der Waals surface area contributed by atoms with Crippen molar-refractivity contribution in [3.05, 3.63) is 34.7 Å². The number of H-pyrrole nitrogens is 1. The van der Waals surface area contributed by atoms with Gasteiger partial charge in [0.2, 0.25) is 0 Å². The molecule has 0 spiro atoms. The van der Waals surface area contributed by atoms with Gasteiger partial charge in [0.15, 0.2) is 5.82 Å². The fourth-order valence-electron chi connectivity index (χ4n) is 1.75. The van der Waals surface area contributed by atoms with Gasteiger partial charge in [-0.15, -0.1) is 0 Å². The Bertz CT molecular complexity index is 558. The van der Waals surface area contributed by atoms with Gasteiger partial charge in [-0.05, 0) is 12.5 Å². The molecule has 0 aromatic carbocycles. The number of aromatic amines is 1. The van der Waals surface area contributed by atoms with Gasteiger partial charge in [0.05, 0.1) is 5.02 Å². The molecule has 2 aromatic heterocycles. The maximum atomic E-state index is 12.0. The topological polar surface area (TPSA) is 62.7 Å². The lowest BCUT2D eigenvalue weighted by Crippen LogP contribution is -2.15. The number of carbonyl (C=O) groups excluding carboxylic acids is 1. The van der Waals surface area contributed by atoms with Crippen LogP contribution in [-0.4, -0.2) is 20.7 Å². The van der Waals surface area contributed by atoms with Gasteiger partial charge in [0.1, 0.15) is 5.69 Å². The molecule has 18 heavy (non-hydrogen) atoms. The maximum Gasteiger partial charge on any atom is 0.273 e. The summed E-state index contributed by atoms with van der Waals surface area (Å²) in [6.07, 6.45) is 3.63. The fraction of sp³-hybridized carbons (Fsp3) is 0.333. The molecule has 0 aliphatic rings. The molecule has 5 nitrogen and oxygen atoms in total. The van der Waals surface area contributed by atoms with Crippen LogP contribution < -0.4 is 5.32 Å². The van der Waals surface area contributed by atoms with E-state index in [4.69, 9.17) is 11.6 Å². The van der Waals surface area contributed by atoms with Crippen LogP contribution in [0.1, 0.15) is 29.5 Å². The molecule has 6 heteroatoms. The van der Waals surface area contributed by atoms with Crippen LogP contribution in [0.3, 0.4) is 0 Å². The number of amides is 1. The molecule has 0 bridgehead atoms. The highest BCUT2D eigenvalue weighted by Gasteiger charge is 2.12. The van der Waals surface area contributed by atoms with E-state index < -0.39 is 0 Å². The van der Waals surface area contributed by atoms with Gasteiger partial charge in [-0.1, -0.05) is 24.9 Å². The van der Waals surface area contributed by atoms with Crippen molar-refractivity contribution < 1.29 is 4.79 Å². The summed E-state index contributed by atoms with van der Waals surface area (Å²) in [7, 11) is 1.77. The van der Waals surface area contributed by atoms with E-state index in [-0.39, 0.29) is 5.91 Å². The third-order valence-electron chi connectivity index (χ3n) is 2.60. The Balaban J connectivity index is 2.08. The summed E-state index contributed by atoms with van der Waals surface area (Å²) in [4.78, 5) is 12.0. The summed E-state index contributed by atoms with van der Waals surface area (Å²) in [5.41, 5.74) is 1.51. The van der Waals surface area contributed by atoms with Crippen molar-refractivity contribution in [1.82, 2.24) is 14.8 Å². The Morgan fingerprint density at radius 3 is 2.94 bits per heavy atom. The zero-order valence-corrected chi connectivity index (χ0v) is 11.1. The first kappa shape index (κ1) is 12.7. The minimum Gasteiger partial charge on any atom is -0.345 e. The van der Waals surface area contributed by atoms with E-state index in [1.807, 2.05) is 6.07 Å². The van der Waals surface area contributed by atoms with Crippen molar-refractivity contribution in [3.8, 4) is 0 Å². The van der Waals surface area contributed by atoms with Crippen molar-refractivity contribution in [3.63, 3.8) is 0 Å². The van der Waals surface area contributed by atoms with Gasteiger partial charge in [-0.3, -0.25) is 9.89 Å². The third-order valence-corrected chi connectivity index (χ3v) is 2.80. The highest BCUT2D eigenvalue weighted by molar-refractivity contribution is 6.31. The molecule has 0 saturated heterocycles.